The molecule has 98 valence electrons. The number of rotatable bonds is 4. The highest BCUT2D eigenvalue weighted by atomic mass is 35.5. The van der Waals surface area contributed by atoms with Gasteiger partial charge in [0.05, 0.1) is 10.7 Å². The molecule has 2 N–H and O–H groups in total. The van der Waals surface area contributed by atoms with Gasteiger partial charge in [0, 0.05) is 6.54 Å². The quantitative estimate of drug-likeness (QED) is 0.887. The van der Waals surface area contributed by atoms with E-state index in [4.69, 9.17) is 16.7 Å². The molecular formula is C13H16ClNO2S. The molecule has 2 rings (SSSR count). The van der Waals surface area contributed by atoms with Crippen LogP contribution in [0.2, 0.25) is 5.02 Å². The first-order valence-corrected chi connectivity index (χ1v) is 7.55. The molecule has 1 aromatic rings. The molecule has 3 nitrogen and oxygen atoms in total. The van der Waals surface area contributed by atoms with E-state index in [1.54, 1.807) is 18.2 Å². The summed E-state index contributed by atoms with van der Waals surface area (Å²) in [4.78, 5) is 11.2. The fourth-order valence-electron chi connectivity index (χ4n) is 2.09. The Kier molecular flexibility index (Phi) is 4.78. The number of aromatic carboxylic acids is 1. The zero-order valence-electron chi connectivity index (χ0n) is 9.99. The third kappa shape index (κ3) is 3.33. The summed E-state index contributed by atoms with van der Waals surface area (Å²) in [5.74, 6) is 2.05. The molecule has 0 radical (unpaired) electrons. The van der Waals surface area contributed by atoms with Crippen LogP contribution in [0.25, 0.3) is 0 Å². The molecule has 0 bridgehead atoms. The third-order valence-corrected chi connectivity index (χ3v) is 4.51. The maximum atomic E-state index is 11.2. The van der Waals surface area contributed by atoms with Gasteiger partial charge in [0.2, 0.25) is 0 Å². The van der Waals surface area contributed by atoms with Crippen LogP contribution in [0.1, 0.15) is 23.2 Å². The van der Waals surface area contributed by atoms with Crippen molar-refractivity contribution in [3.63, 3.8) is 0 Å². The second kappa shape index (κ2) is 6.34. The van der Waals surface area contributed by atoms with Crippen molar-refractivity contribution in [2.75, 3.05) is 23.4 Å². The van der Waals surface area contributed by atoms with Gasteiger partial charge in [0.25, 0.3) is 0 Å². The summed E-state index contributed by atoms with van der Waals surface area (Å²) in [6, 6.07) is 5.15. The van der Waals surface area contributed by atoms with Gasteiger partial charge in [-0.05, 0) is 42.4 Å². The van der Waals surface area contributed by atoms with Crippen molar-refractivity contribution in [3.05, 3.63) is 28.8 Å². The molecule has 0 saturated carbocycles. The van der Waals surface area contributed by atoms with Gasteiger partial charge in [-0.3, -0.25) is 0 Å². The van der Waals surface area contributed by atoms with Crippen LogP contribution < -0.4 is 5.32 Å². The lowest BCUT2D eigenvalue weighted by atomic mass is 10.0. The molecule has 1 fully saturated rings. The van der Waals surface area contributed by atoms with Crippen molar-refractivity contribution in [1.29, 1.82) is 0 Å². The third-order valence-electron chi connectivity index (χ3n) is 3.15. The van der Waals surface area contributed by atoms with Crippen molar-refractivity contribution in [2.24, 2.45) is 5.92 Å². The fourth-order valence-corrected chi connectivity index (χ4v) is 3.55. The summed E-state index contributed by atoms with van der Waals surface area (Å²) in [7, 11) is 0. The number of nitrogens with one attached hydrogen (secondary N) is 1. The van der Waals surface area contributed by atoms with Gasteiger partial charge in [-0.15, -0.1) is 0 Å². The topological polar surface area (TPSA) is 49.3 Å². The molecule has 0 aliphatic carbocycles. The zero-order chi connectivity index (χ0) is 13.0. The summed E-state index contributed by atoms with van der Waals surface area (Å²) in [5.41, 5.74) is 0.789. The van der Waals surface area contributed by atoms with Gasteiger partial charge >= 0.3 is 5.97 Å². The number of hydrogen-bond donors (Lipinski definition) is 2. The minimum absolute atomic E-state index is 0.171. The minimum atomic E-state index is -0.984. The molecule has 0 unspecified atom stereocenters. The first-order valence-electron chi connectivity index (χ1n) is 6.02. The molecule has 18 heavy (non-hydrogen) atoms. The van der Waals surface area contributed by atoms with Gasteiger partial charge in [-0.25, -0.2) is 4.79 Å². The average molecular weight is 286 g/mol. The molecule has 1 aliphatic rings. The van der Waals surface area contributed by atoms with E-state index in [2.05, 4.69) is 5.32 Å². The van der Waals surface area contributed by atoms with Gasteiger partial charge < -0.3 is 10.4 Å². The summed E-state index contributed by atoms with van der Waals surface area (Å²) in [5, 5.41) is 12.7. The standard InChI is InChI=1S/C13H16ClNO2S/c14-10-2-1-3-11(12(10)13(16)17)15-8-9-4-6-18-7-5-9/h1-3,9,15H,4-8H2,(H,16,17). The van der Waals surface area contributed by atoms with Crippen LogP contribution in [-0.2, 0) is 0 Å². The number of hydrogen-bond acceptors (Lipinski definition) is 3. The van der Waals surface area contributed by atoms with E-state index in [9.17, 15) is 4.79 Å². The van der Waals surface area contributed by atoms with Crippen molar-refractivity contribution < 1.29 is 9.90 Å². The molecule has 5 heteroatoms. The lowest BCUT2D eigenvalue weighted by Crippen LogP contribution is -2.20. The minimum Gasteiger partial charge on any atom is -0.478 e. The maximum absolute atomic E-state index is 11.2. The van der Waals surface area contributed by atoms with Gasteiger partial charge in [0.1, 0.15) is 5.56 Å². The molecule has 0 aromatic heterocycles. The monoisotopic (exact) mass is 285 g/mol. The molecular weight excluding hydrogens is 270 g/mol. The van der Waals surface area contributed by atoms with E-state index in [0.717, 1.165) is 6.54 Å². The van der Waals surface area contributed by atoms with Crippen LogP contribution in [0.15, 0.2) is 18.2 Å². The second-order valence-corrected chi connectivity index (χ2v) is 6.04. The molecule has 0 atom stereocenters. The van der Waals surface area contributed by atoms with Gasteiger partial charge in [-0.2, -0.15) is 11.8 Å². The summed E-state index contributed by atoms with van der Waals surface area (Å²) in [6.07, 6.45) is 2.39. The summed E-state index contributed by atoms with van der Waals surface area (Å²) in [6.45, 7) is 0.821. The van der Waals surface area contributed by atoms with E-state index in [1.807, 2.05) is 11.8 Å². The van der Waals surface area contributed by atoms with Crippen LogP contribution in [-0.4, -0.2) is 29.1 Å². The Morgan fingerprint density at radius 1 is 1.44 bits per heavy atom. The fraction of sp³-hybridized carbons (Fsp3) is 0.462. The van der Waals surface area contributed by atoms with Crippen LogP contribution >= 0.6 is 23.4 Å². The molecule has 1 heterocycles. The lowest BCUT2D eigenvalue weighted by molar-refractivity contribution is 0.0698. The van der Waals surface area contributed by atoms with E-state index >= 15 is 0 Å². The Morgan fingerprint density at radius 3 is 2.83 bits per heavy atom. The maximum Gasteiger partial charge on any atom is 0.339 e. The van der Waals surface area contributed by atoms with Crippen molar-refractivity contribution in [2.45, 2.75) is 12.8 Å². The van der Waals surface area contributed by atoms with Crippen molar-refractivity contribution >= 4 is 35.0 Å². The predicted molar refractivity (Wildman–Crippen MR) is 77.0 cm³/mol. The first-order chi connectivity index (χ1) is 8.68. The molecule has 0 amide bonds. The van der Waals surface area contributed by atoms with Gasteiger partial charge in [-0.1, -0.05) is 17.7 Å². The normalized spacial score (nSPS) is 16.5. The Bertz CT molecular complexity index is 433. The Labute approximate surface area is 116 Å². The Hall–Kier alpha value is -0.870. The molecule has 1 aliphatic heterocycles. The number of anilines is 1. The number of carboxylic acid groups (broad SMARTS) is 1. The zero-order valence-corrected chi connectivity index (χ0v) is 11.6. The molecule has 1 aromatic carbocycles. The highest BCUT2D eigenvalue weighted by molar-refractivity contribution is 7.99. The van der Waals surface area contributed by atoms with E-state index < -0.39 is 5.97 Å². The summed E-state index contributed by atoms with van der Waals surface area (Å²) < 4.78 is 0. The van der Waals surface area contributed by atoms with E-state index in [0.29, 0.717) is 11.6 Å². The number of thioether (sulfide) groups is 1. The van der Waals surface area contributed by atoms with E-state index in [1.165, 1.54) is 24.3 Å². The van der Waals surface area contributed by atoms with Gasteiger partial charge in [0.15, 0.2) is 0 Å². The molecule has 0 spiro atoms. The Balaban J connectivity index is 2.04. The number of benzene rings is 1. The predicted octanol–water partition coefficient (Wildman–Crippen LogP) is 3.59. The number of halogens is 1. The Morgan fingerprint density at radius 2 is 2.17 bits per heavy atom. The van der Waals surface area contributed by atoms with E-state index in [-0.39, 0.29) is 10.6 Å². The number of carbonyl (C=O) groups is 1. The molecule has 1 saturated heterocycles. The highest BCUT2D eigenvalue weighted by Gasteiger charge is 2.17. The van der Waals surface area contributed by atoms with Crippen LogP contribution in [0, 0.1) is 5.92 Å². The average Bonchev–Trinajstić information content (AvgIpc) is 2.37. The van der Waals surface area contributed by atoms with Crippen molar-refractivity contribution in [1.82, 2.24) is 0 Å². The van der Waals surface area contributed by atoms with Crippen LogP contribution in [0.3, 0.4) is 0 Å². The summed E-state index contributed by atoms with van der Waals surface area (Å²) >= 11 is 7.91. The van der Waals surface area contributed by atoms with Crippen LogP contribution in [0.5, 0.6) is 0 Å². The van der Waals surface area contributed by atoms with Crippen LogP contribution in [0.4, 0.5) is 5.69 Å². The highest BCUT2D eigenvalue weighted by Crippen LogP contribution is 2.27. The largest absolute Gasteiger partial charge is 0.478 e. The first kappa shape index (κ1) is 13.6. The lowest BCUT2D eigenvalue weighted by Gasteiger charge is -2.22. The van der Waals surface area contributed by atoms with Crippen molar-refractivity contribution in [3.8, 4) is 0 Å². The SMILES string of the molecule is O=C(O)c1c(Cl)cccc1NCC1CCSCC1. The number of carboxylic acids is 1. The smallest absolute Gasteiger partial charge is 0.339 e. The second-order valence-electron chi connectivity index (χ2n) is 4.40.